The second-order valence-electron chi connectivity index (χ2n) is 2.97. The second-order valence-corrected chi connectivity index (χ2v) is 2.97. The van der Waals surface area contributed by atoms with Gasteiger partial charge in [-0.05, 0) is 25.5 Å². The molecule has 0 spiro atoms. The molecule has 2 heteroatoms. The van der Waals surface area contributed by atoms with Gasteiger partial charge < -0.3 is 5.73 Å². The van der Waals surface area contributed by atoms with Gasteiger partial charge in [-0.3, -0.25) is 4.79 Å². The van der Waals surface area contributed by atoms with E-state index in [4.69, 9.17) is 5.73 Å². The van der Waals surface area contributed by atoms with Gasteiger partial charge in [0.05, 0.1) is 0 Å². The summed E-state index contributed by atoms with van der Waals surface area (Å²) in [4.78, 5) is 11.0. The maximum atomic E-state index is 11.0. The lowest BCUT2D eigenvalue weighted by molar-refractivity contribution is 0.101. The molecule has 0 saturated carbocycles. The lowest BCUT2D eigenvalue weighted by Gasteiger charge is -2.05. The number of carbonyl (C=O) groups excluding carboxylic acids is 1. The minimum atomic E-state index is -0.00991. The Hall–Kier alpha value is -1.15. The van der Waals surface area contributed by atoms with Gasteiger partial charge in [-0.1, -0.05) is 18.2 Å². The van der Waals surface area contributed by atoms with E-state index in [1.54, 1.807) is 13.0 Å². The molecule has 2 N–H and O–H groups in total. The first-order chi connectivity index (χ1) is 5.61. The Kier molecular flexibility index (Phi) is 2.61. The van der Waals surface area contributed by atoms with Crippen molar-refractivity contribution in [2.24, 2.45) is 5.73 Å². The highest BCUT2D eigenvalue weighted by atomic mass is 16.1. The molecule has 0 aliphatic carbocycles. The van der Waals surface area contributed by atoms with E-state index in [0.29, 0.717) is 0 Å². The van der Waals surface area contributed by atoms with Gasteiger partial charge in [-0.15, -0.1) is 0 Å². The minimum Gasteiger partial charge on any atom is -0.324 e. The van der Waals surface area contributed by atoms with E-state index < -0.39 is 0 Å². The summed E-state index contributed by atoms with van der Waals surface area (Å²) in [5, 5.41) is 0. The average Bonchev–Trinajstić information content (AvgIpc) is 2.04. The average molecular weight is 163 g/mol. The van der Waals surface area contributed by atoms with Crippen molar-refractivity contribution in [3.63, 3.8) is 0 Å². The van der Waals surface area contributed by atoms with Gasteiger partial charge in [-0.25, -0.2) is 0 Å². The van der Waals surface area contributed by atoms with Crippen LogP contribution in [0.15, 0.2) is 24.3 Å². The quantitative estimate of drug-likeness (QED) is 0.677. The molecule has 64 valence electrons. The summed E-state index contributed by atoms with van der Waals surface area (Å²) in [5.74, 6) is 0.0810. The summed E-state index contributed by atoms with van der Waals surface area (Å²) >= 11 is 0. The molecule has 1 aromatic carbocycles. The molecule has 0 saturated heterocycles. The number of hydrogen-bond acceptors (Lipinski definition) is 2. The number of benzene rings is 1. The molecular formula is C10H13NO. The van der Waals surface area contributed by atoms with E-state index in [1.165, 1.54) is 0 Å². The lowest BCUT2D eigenvalue weighted by Crippen LogP contribution is -2.05. The summed E-state index contributed by atoms with van der Waals surface area (Å²) in [6.07, 6.45) is 0. The summed E-state index contributed by atoms with van der Waals surface area (Å²) in [6, 6.07) is 7.41. The van der Waals surface area contributed by atoms with E-state index in [0.717, 1.165) is 11.1 Å². The summed E-state index contributed by atoms with van der Waals surface area (Å²) in [5.41, 5.74) is 7.40. The van der Waals surface area contributed by atoms with E-state index in [-0.39, 0.29) is 11.8 Å². The highest BCUT2D eigenvalue weighted by molar-refractivity contribution is 5.94. The summed E-state index contributed by atoms with van der Waals surface area (Å²) in [6.45, 7) is 3.46. The van der Waals surface area contributed by atoms with Crippen molar-refractivity contribution < 1.29 is 4.79 Å². The van der Waals surface area contributed by atoms with Crippen LogP contribution in [0.1, 0.15) is 35.8 Å². The molecule has 0 radical (unpaired) electrons. The fourth-order valence-corrected chi connectivity index (χ4v) is 1.04. The zero-order valence-corrected chi connectivity index (χ0v) is 7.37. The zero-order chi connectivity index (χ0) is 9.14. The van der Waals surface area contributed by atoms with Crippen molar-refractivity contribution in [2.45, 2.75) is 19.9 Å². The first kappa shape index (κ1) is 8.94. The van der Waals surface area contributed by atoms with Crippen LogP contribution in [0.5, 0.6) is 0 Å². The third-order valence-electron chi connectivity index (χ3n) is 1.82. The van der Waals surface area contributed by atoms with Crippen molar-refractivity contribution in [2.75, 3.05) is 0 Å². The molecule has 0 unspecified atom stereocenters. The normalized spacial score (nSPS) is 12.6. The lowest BCUT2D eigenvalue weighted by atomic mass is 10.0. The largest absolute Gasteiger partial charge is 0.324 e. The maximum absolute atomic E-state index is 11.0. The third kappa shape index (κ3) is 1.92. The Balaban J connectivity index is 3.04. The van der Waals surface area contributed by atoms with E-state index in [1.807, 2.05) is 25.1 Å². The molecule has 0 aromatic heterocycles. The predicted molar refractivity (Wildman–Crippen MR) is 49.0 cm³/mol. The Morgan fingerprint density at radius 3 is 2.67 bits per heavy atom. The van der Waals surface area contributed by atoms with Gasteiger partial charge in [0, 0.05) is 11.6 Å². The Morgan fingerprint density at radius 1 is 1.50 bits per heavy atom. The van der Waals surface area contributed by atoms with E-state index in [9.17, 15) is 4.79 Å². The molecule has 1 aromatic rings. The van der Waals surface area contributed by atoms with E-state index >= 15 is 0 Å². The summed E-state index contributed by atoms with van der Waals surface area (Å²) in [7, 11) is 0. The van der Waals surface area contributed by atoms with Crippen LogP contribution in [-0.2, 0) is 0 Å². The van der Waals surface area contributed by atoms with Gasteiger partial charge >= 0.3 is 0 Å². The Morgan fingerprint density at radius 2 is 2.17 bits per heavy atom. The van der Waals surface area contributed by atoms with Gasteiger partial charge in [0.15, 0.2) is 5.78 Å². The number of ketones is 1. The fourth-order valence-electron chi connectivity index (χ4n) is 1.04. The number of nitrogens with two attached hydrogens (primary N) is 1. The molecule has 12 heavy (non-hydrogen) atoms. The van der Waals surface area contributed by atoms with Crippen LogP contribution in [0.2, 0.25) is 0 Å². The predicted octanol–water partition coefficient (Wildman–Crippen LogP) is 1.91. The number of rotatable bonds is 2. The van der Waals surface area contributed by atoms with Gasteiger partial charge in [0.25, 0.3) is 0 Å². The molecule has 0 fully saturated rings. The molecule has 0 heterocycles. The first-order valence-corrected chi connectivity index (χ1v) is 3.97. The molecule has 1 atom stereocenters. The zero-order valence-electron chi connectivity index (χ0n) is 7.37. The van der Waals surface area contributed by atoms with Crippen molar-refractivity contribution in [3.8, 4) is 0 Å². The Labute approximate surface area is 72.4 Å². The topological polar surface area (TPSA) is 43.1 Å². The van der Waals surface area contributed by atoms with Crippen molar-refractivity contribution in [1.82, 2.24) is 0 Å². The summed E-state index contributed by atoms with van der Waals surface area (Å²) < 4.78 is 0. The molecule has 2 nitrogen and oxygen atoms in total. The fraction of sp³-hybridized carbons (Fsp3) is 0.300. The molecule has 0 bridgehead atoms. The molecule has 0 aliphatic rings. The van der Waals surface area contributed by atoms with Crippen LogP contribution in [0.25, 0.3) is 0 Å². The van der Waals surface area contributed by atoms with Crippen molar-refractivity contribution in [1.29, 1.82) is 0 Å². The van der Waals surface area contributed by atoms with Gasteiger partial charge in [-0.2, -0.15) is 0 Å². The molecule has 0 amide bonds. The monoisotopic (exact) mass is 163 g/mol. The van der Waals surface area contributed by atoms with Crippen LogP contribution >= 0.6 is 0 Å². The highest BCUT2D eigenvalue weighted by Crippen LogP contribution is 2.11. The van der Waals surface area contributed by atoms with Crippen LogP contribution in [0.4, 0.5) is 0 Å². The third-order valence-corrected chi connectivity index (χ3v) is 1.82. The van der Waals surface area contributed by atoms with Gasteiger partial charge in [0.1, 0.15) is 0 Å². The van der Waals surface area contributed by atoms with Crippen molar-refractivity contribution in [3.05, 3.63) is 35.4 Å². The standard InChI is InChI=1S/C10H13NO/c1-7(11)9-4-3-5-10(6-9)8(2)12/h3-7H,11H2,1-2H3/t7-/m1/s1. The van der Waals surface area contributed by atoms with Crippen LogP contribution in [-0.4, -0.2) is 5.78 Å². The number of hydrogen-bond donors (Lipinski definition) is 1. The van der Waals surface area contributed by atoms with Gasteiger partial charge in [0.2, 0.25) is 0 Å². The Bertz CT molecular complexity index is 292. The maximum Gasteiger partial charge on any atom is 0.159 e. The minimum absolute atomic E-state index is 0.00991. The SMILES string of the molecule is CC(=O)c1cccc([C@@H](C)N)c1. The molecule has 1 rings (SSSR count). The number of carbonyl (C=O) groups is 1. The van der Waals surface area contributed by atoms with Crippen molar-refractivity contribution >= 4 is 5.78 Å². The van der Waals surface area contributed by atoms with Crippen LogP contribution < -0.4 is 5.73 Å². The van der Waals surface area contributed by atoms with Crippen LogP contribution in [0.3, 0.4) is 0 Å². The smallest absolute Gasteiger partial charge is 0.159 e. The second kappa shape index (κ2) is 3.50. The van der Waals surface area contributed by atoms with Crippen LogP contribution in [0, 0.1) is 0 Å². The van der Waals surface area contributed by atoms with E-state index in [2.05, 4.69) is 0 Å². The highest BCUT2D eigenvalue weighted by Gasteiger charge is 2.02. The molecular weight excluding hydrogens is 150 g/mol. The molecule has 0 aliphatic heterocycles. The first-order valence-electron chi connectivity index (χ1n) is 3.97. The number of Topliss-reactive ketones (excluding diaryl/α,β-unsaturated/α-hetero) is 1.